The van der Waals surface area contributed by atoms with Crippen LogP contribution < -0.4 is 9.88 Å². The van der Waals surface area contributed by atoms with Crippen molar-refractivity contribution < 1.29 is 13.2 Å². The van der Waals surface area contributed by atoms with Gasteiger partial charge in [-0.3, -0.25) is 9.88 Å². The fourth-order valence-corrected chi connectivity index (χ4v) is 4.19. The first kappa shape index (κ1) is 16.9. The Bertz CT molecular complexity index is 778. The molecule has 2 N–H and O–H groups in total. The maximum atomic E-state index is 11.8. The van der Waals surface area contributed by atoms with E-state index in [1.54, 1.807) is 19.5 Å². The second-order valence-corrected chi connectivity index (χ2v) is 7.82. The quantitative estimate of drug-likeness (QED) is 0.848. The zero-order valence-corrected chi connectivity index (χ0v) is 14.3. The van der Waals surface area contributed by atoms with Crippen LogP contribution in [0.15, 0.2) is 48.8 Å². The van der Waals surface area contributed by atoms with Crippen molar-refractivity contribution in [1.29, 1.82) is 0 Å². The lowest BCUT2D eigenvalue weighted by Crippen LogP contribution is -2.64. The maximum absolute atomic E-state index is 11.8. The zero-order chi connectivity index (χ0) is 17.2. The number of benzene rings is 1. The Hall–Kier alpha value is -1.96. The molecule has 2 unspecified atom stereocenters. The van der Waals surface area contributed by atoms with Crippen LogP contribution in [0, 0.1) is 0 Å². The highest BCUT2D eigenvalue weighted by Crippen LogP contribution is 2.29. The van der Waals surface area contributed by atoms with Crippen molar-refractivity contribution in [3.8, 4) is 5.75 Å². The van der Waals surface area contributed by atoms with Crippen molar-refractivity contribution in [3.05, 3.63) is 59.9 Å². The number of nitrogens with zero attached hydrogens (tertiary/aromatic N) is 2. The largest absolute Gasteiger partial charge is 0.497 e. The van der Waals surface area contributed by atoms with E-state index in [2.05, 4.69) is 9.88 Å². The Morgan fingerprint density at radius 3 is 2.58 bits per heavy atom. The molecule has 2 heterocycles. The van der Waals surface area contributed by atoms with Gasteiger partial charge in [0.05, 0.1) is 7.11 Å². The Morgan fingerprint density at radius 1 is 1.25 bits per heavy atom. The molecule has 7 heteroatoms. The van der Waals surface area contributed by atoms with E-state index >= 15 is 0 Å². The molecule has 1 aromatic heterocycles. The van der Waals surface area contributed by atoms with E-state index in [9.17, 15) is 8.42 Å². The number of nitrogens with two attached hydrogens (primary N) is 1. The lowest BCUT2D eigenvalue weighted by molar-refractivity contribution is 0.0867. The third-order valence-electron chi connectivity index (χ3n) is 4.45. The van der Waals surface area contributed by atoms with Crippen LogP contribution in [0.1, 0.15) is 11.1 Å². The van der Waals surface area contributed by atoms with Gasteiger partial charge >= 0.3 is 0 Å². The maximum Gasteiger partial charge on any atom is 0.214 e. The standard InChI is InChI=1S/C17H21N3O3S/c1-23-15-6-4-13(5-7-15)9-16-17(24(18,21)22)12-20(16)11-14-3-2-8-19-10-14/h2-8,10,16-17H,9,11-12H2,1H3,(H2,18,21,22). The van der Waals surface area contributed by atoms with Crippen LogP contribution >= 0.6 is 0 Å². The molecule has 0 amide bonds. The Balaban J connectivity index is 1.75. The predicted octanol–water partition coefficient (Wildman–Crippen LogP) is 1.17. The fourth-order valence-electron chi connectivity index (χ4n) is 3.08. The number of hydrogen-bond donors (Lipinski definition) is 1. The van der Waals surface area contributed by atoms with Crippen LogP contribution in [-0.2, 0) is 23.0 Å². The van der Waals surface area contributed by atoms with Crippen molar-refractivity contribution in [2.24, 2.45) is 5.14 Å². The van der Waals surface area contributed by atoms with Gasteiger partial charge in [0, 0.05) is 31.5 Å². The molecule has 0 spiro atoms. The van der Waals surface area contributed by atoms with Crippen LogP contribution in [0.5, 0.6) is 5.75 Å². The van der Waals surface area contributed by atoms with E-state index in [1.807, 2.05) is 36.4 Å². The first-order valence-electron chi connectivity index (χ1n) is 7.75. The number of rotatable bonds is 6. The Morgan fingerprint density at radius 2 is 2.00 bits per heavy atom. The predicted molar refractivity (Wildman–Crippen MR) is 92.0 cm³/mol. The molecular weight excluding hydrogens is 326 g/mol. The molecule has 6 nitrogen and oxygen atoms in total. The molecule has 1 aliphatic heterocycles. The molecule has 2 atom stereocenters. The molecule has 1 fully saturated rings. The minimum Gasteiger partial charge on any atom is -0.497 e. The van der Waals surface area contributed by atoms with Gasteiger partial charge in [-0.05, 0) is 35.7 Å². The lowest BCUT2D eigenvalue weighted by atomic mass is 9.94. The molecule has 1 aromatic carbocycles. The first-order valence-corrected chi connectivity index (χ1v) is 9.36. The van der Waals surface area contributed by atoms with Gasteiger partial charge < -0.3 is 4.74 Å². The van der Waals surface area contributed by atoms with E-state index < -0.39 is 15.3 Å². The number of sulfonamides is 1. The van der Waals surface area contributed by atoms with Gasteiger partial charge in [-0.25, -0.2) is 13.6 Å². The molecule has 0 saturated carbocycles. The van der Waals surface area contributed by atoms with E-state index in [0.717, 1.165) is 16.9 Å². The van der Waals surface area contributed by atoms with Crippen molar-refractivity contribution in [2.45, 2.75) is 24.3 Å². The molecular formula is C17H21N3O3S. The van der Waals surface area contributed by atoms with Crippen molar-refractivity contribution in [3.63, 3.8) is 0 Å². The SMILES string of the molecule is COc1ccc(CC2C(S(N)(=O)=O)CN2Cc2cccnc2)cc1. The number of pyridine rings is 1. The van der Waals surface area contributed by atoms with Crippen molar-refractivity contribution >= 4 is 10.0 Å². The molecule has 0 radical (unpaired) electrons. The minimum atomic E-state index is -3.56. The lowest BCUT2D eigenvalue weighted by Gasteiger charge is -2.47. The van der Waals surface area contributed by atoms with Gasteiger partial charge in [0.1, 0.15) is 11.0 Å². The van der Waals surface area contributed by atoms with Crippen LogP contribution in [0.2, 0.25) is 0 Å². The molecule has 1 aliphatic rings. The normalized spacial score (nSPS) is 21.2. The Labute approximate surface area is 142 Å². The summed E-state index contributed by atoms with van der Waals surface area (Å²) in [6, 6.07) is 11.4. The zero-order valence-electron chi connectivity index (χ0n) is 13.5. The molecule has 3 rings (SSSR count). The van der Waals surface area contributed by atoms with E-state index in [1.165, 1.54) is 0 Å². The summed E-state index contributed by atoms with van der Waals surface area (Å²) in [4.78, 5) is 6.24. The van der Waals surface area contributed by atoms with Crippen LogP contribution in [-0.4, -0.2) is 43.2 Å². The number of methoxy groups -OCH3 is 1. The molecule has 0 aliphatic carbocycles. The summed E-state index contributed by atoms with van der Waals surface area (Å²) in [7, 11) is -1.94. The van der Waals surface area contributed by atoms with Gasteiger partial charge in [0.25, 0.3) is 0 Å². The average molecular weight is 347 g/mol. The molecule has 0 bridgehead atoms. The third kappa shape index (κ3) is 3.75. The van der Waals surface area contributed by atoms with E-state index in [0.29, 0.717) is 19.5 Å². The summed E-state index contributed by atoms with van der Waals surface area (Å²) in [5.74, 6) is 0.780. The summed E-state index contributed by atoms with van der Waals surface area (Å²) < 4.78 is 28.8. The summed E-state index contributed by atoms with van der Waals surface area (Å²) >= 11 is 0. The number of aromatic nitrogens is 1. The monoisotopic (exact) mass is 347 g/mol. The molecule has 2 aromatic rings. The van der Waals surface area contributed by atoms with Crippen LogP contribution in [0.25, 0.3) is 0 Å². The number of hydrogen-bond acceptors (Lipinski definition) is 5. The minimum absolute atomic E-state index is 0.131. The molecule has 24 heavy (non-hydrogen) atoms. The van der Waals surface area contributed by atoms with E-state index in [-0.39, 0.29) is 6.04 Å². The summed E-state index contributed by atoms with van der Waals surface area (Å²) in [6.45, 7) is 1.12. The Kier molecular flexibility index (Phi) is 4.84. The number of ether oxygens (including phenoxy) is 1. The van der Waals surface area contributed by atoms with Gasteiger partial charge in [0.15, 0.2) is 0 Å². The second kappa shape index (κ2) is 6.88. The molecule has 128 valence electrons. The highest BCUT2D eigenvalue weighted by atomic mass is 32.2. The first-order chi connectivity index (χ1) is 11.5. The summed E-state index contributed by atoms with van der Waals surface area (Å²) in [5.41, 5.74) is 2.12. The smallest absolute Gasteiger partial charge is 0.214 e. The van der Waals surface area contributed by atoms with Gasteiger partial charge in [-0.2, -0.15) is 0 Å². The summed E-state index contributed by atoms with van der Waals surface area (Å²) in [6.07, 6.45) is 4.15. The van der Waals surface area contributed by atoms with Gasteiger partial charge in [-0.15, -0.1) is 0 Å². The van der Waals surface area contributed by atoms with Crippen LogP contribution in [0.3, 0.4) is 0 Å². The van der Waals surface area contributed by atoms with Crippen molar-refractivity contribution in [2.75, 3.05) is 13.7 Å². The highest BCUT2D eigenvalue weighted by molar-refractivity contribution is 7.89. The number of likely N-dealkylation sites (tertiary alicyclic amines) is 1. The topological polar surface area (TPSA) is 85.5 Å². The van der Waals surface area contributed by atoms with E-state index in [4.69, 9.17) is 9.88 Å². The van der Waals surface area contributed by atoms with Crippen molar-refractivity contribution in [1.82, 2.24) is 9.88 Å². The van der Waals surface area contributed by atoms with Gasteiger partial charge in [0.2, 0.25) is 10.0 Å². The van der Waals surface area contributed by atoms with Crippen LogP contribution in [0.4, 0.5) is 0 Å². The van der Waals surface area contributed by atoms with Gasteiger partial charge in [-0.1, -0.05) is 18.2 Å². The fraction of sp³-hybridized carbons (Fsp3) is 0.353. The summed E-state index contributed by atoms with van der Waals surface area (Å²) in [5, 5.41) is 4.87. The average Bonchev–Trinajstić information content (AvgIpc) is 2.56. The highest BCUT2D eigenvalue weighted by Gasteiger charge is 2.45. The molecule has 1 saturated heterocycles. The second-order valence-electron chi connectivity index (χ2n) is 6.04. The number of primary sulfonamides is 1. The third-order valence-corrected chi connectivity index (χ3v) is 5.75.